The van der Waals surface area contributed by atoms with E-state index in [2.05, 4.69) is 15.6 Å². The maximum atomic E-state index is 13.6. The number of benzene rings is 2. The van der Waals surface area contributed by atoms with Gasteiger partial charge in [-0.3, -0.25) is 9.78 Å². The SMILES string of the molecule is Cc1ccc(NC(=O)CCN2C(=S)N[C@H](c3ccccn3)[C@H]2c2cccn2-c2ccc(F)cc2)cc1. The second-order valence-electron chi connectivity index (χ2n) is 8.76. The van der Waals surface area contributed by atoms with Crippen molar-refractivity contribution < 1.29 is 9.18 Å². The Bertz CT molecular complexity index is 1350. The summed E-state index contributed by atoms with van der Waals surface area (Å²) in [5, 5.41) is 6.94. The van der Waals surface area contributed by atoms with Crippen molar-refractivity contribution in [3.63, 3.8) is 0 Å². The van der Waals surface area contributed by atoms with Gasteiger partial charge < -0.3 is 20.1 Å². The van der Waals surface area contributed by atoms with E-state index in [1.807, 2.05) is 77.2 Å². The molecular formula is C28H26FN5OS. The van der Waals surface area contributed by atoms with Crippen LogP contribution in [0.25, 0.3) is 5.69 Å². The molecule has 1 saturated heterocycles. The summed E-state index contributed by atoms with van der Waals surface area (Å²) in [7, 11) is 0. The summed E-state index contributed by atoms with van der Waals surface area (Å²) >= 11 is 5.74. The second-order valence-corrected chi connectivity index (χ2v) is 9.15. The molecule has 182 valence electrons. The number of hydrogen-bond acceptors (Lipinski definition) is 3. The number of carbonyl (C=O) groups is 1. The van der Waals surface area contributed by atoms with Gasteiger partial charge >= 0.3 is 0 Å². The minimum Gasteiger partial charge on any atom is -0.352 e. The molecule has 0 unspecified atom stereocenters. The van der Waals surface area contributed by atoms with Gasteiger partial charge in [0.25, 0.3) is 0 Å². The Kier molecular flexibility index (Phi) is 6.77. The zero-order valence-electron chi connectivity index (χ0n) is 19.8. The molecule has 2 N–H and O–H groups in total. The molecule has 0 radical (unpaired) electrons. The normalized spacial score (nSPS) is 17.2. The van der Waals surface area contributed by atoms with Gasteiger partial charge in [0.2, 0.25) is 5.91 Å². The number of amides is 1. The van der Waals surface area contributed by atoms with Crippen LogP contribution in [0.2, 0.25) is 0 Å². The predicted octanol–water partition coefficient (Wildman–Crippen LogP) is 5.32. The smallest absolute Gasteiger partial charge is 0.226 e. The quantitative estimate of drug-likeness (QED) is 0.337. The van der Waals surface area contributed by atoms with E-state index >= 15 is 0 Å². The van der Waals surface area contributed by atoms with Crippen LogP contribution in [0, 0.1) is 12.7 Å². The average Bonchev–Trinajstić information content (AvgIpc) is 3.49. The lowest BCUT2D eigenvalue weighted by Gasteiger charge is -2.28. The highest BCUT2D eigenvalue weighted by Crippen LogP contribution is 2.39. The van der Waals surface area contributed by atoms with E-state index < -0.39 is 0 Å². The molecule has 4 aromatic rings. The molecule has 2 aromatic heterocycles. The summed E-state index contributed by atoms with van der Waals surface area (Å²) in [6.07, 6.45) is 3.97. The van der Waals surface area contributed by atoms with Crippen LogP contribution in [0.5, 0.6) is 0 Å². The fourth-order valence-corrected chi connectivity index (χ4v) is 4.85. The van der Waals surface area contributed by atoms with Crippen LogP contribution < -0.4 is 10.6 Å². The van der Waals surface area contributed by atoms with Crippen molar-refractivity contribution in [1.82, 2.24) is 19.8 Å². The highest BCUT2D eigenvalue weighted by molar-refractivity contribution is 7.80. The largest absolute Gasteiger partial charge is 0.352 e. The summed E-state index contributed by atoms with van der Waals surface area (Å²) in [6, 6.07) is 23.4. The molecule has 0 bridgehead atoms. The number of aryl methyl sites for hydroxylation is 1. The van der Waals surface area contributed by atoms with Crippen molar-refractivity contribution in [3.05, 3.63) is 114 Å². The number of pyridine rings is 1. The van der Waals surface area contributed by atoms with E-state index in [0.717, 1.165) is 28.3 Å². The van der Waals surface area contributed by atoms with E-state index in [-0.39, 0.29) is 30.2 Å². The Hall–Kier alpha value is -4.04. The second kappa shape index (κ2) is 10.3. The number of thiocarbonyl (C=S) groups is 1. The first-order valence-corrected chi connectivity index (χ1v) is 12.2. The molecule has 2 aromatic carbocycles. The molecular weight excluding hydrogens is 473 g/mol. The van der Waals surface area contributed by atoms with Crippen molar-refractivity contribution in [3.8, 4) is 5.69 Å². The number of halogens is 1. The lowest BCUT2D eigenvalue weighted by molar-refractivity contribution is -0.116. The van der Waals surface area contributed by atoms with Gasteiger partial charge in [0.15, 0.2) is 5.11 Å². The van der Waals surface area contributed by atoms with Crippen LogP contribution in [0.3, 0.4) is 0 Å². The van der Waals surface area contributed by atoms with Crippen LogP contribution in [0.1, 0.15) is 35.5 Å². The van der Waals surface area contributed by atoms with Gasteiger partial charge in [0, 0.05) is 42.4 Å². The Morgan fingerprint density at radius 2 is 1.83 bits per heavy atom. The summed E-state index contributed by atoms with van der Waals surface area (Å²) < 4.78 is 15.6. The highest BCUT2D eigenvalue weighted by atomic mass is 32.1. The van der Waals surface area contributed by atoms with Crippen LogP contribution in [-0.2, 0) is 4.79 Å². The van der Waals surface area contributed by atoms with E-state index in [1.54, 1.807) is 18.3 Å². The summed E-state index contributed by atoms with van der Waals surface area (Å²) in [5.74, 6) is -0.376. The number of aromatic nitrogens is 2. The van der Waals surface area contributed by atoms with Crippen LogP contribution in [0.15, 0.2) is 91.3 Å². The predicted molar refractivity (Wildman–Crippen MR) is 142 cm³/mol. The zero-order chi connectivity index (χ0) is 25.1. The van der Waals surface area contributed by atoms with Crippen molar-refractivity contribution in [1.29, 1.82) is 0 Å². The molecule has 0 saturated carbocycles. The molecule has 36 heavy (non-hydrogen) atoms. The number of nitrogens with one attached hydrogen (secondary N) is 2. The van der Waals surface area contributed by atoms with Gasteiger partial charge in [-0.1, -0.05) is 23.8 Å². The summed E-state index contributed by atoms with van der Waals surface area (Å²) in [5.41, 5.74) is 4.55. The Morgan fingerprint density at radius 1 is 1.06 bits per heavy atom. The van der Waals surface area contributed by atoms with Gasteiger partial charge in [-0.2, -0.15) is 0 Å². The monoisotopic (exact) mass is 499 g/mol. The highest BCUT2D eigenvalue weighted by Gasteiger charge is 2.41. The number of carbonyl (C=O) groups excluding carboxylic acids is 1. The summed E-state index contributed by atoms with van der Waals surface area (Å²) in [6.45, 7) is 2.43. The van der Waals surface area contributed by atoms with Crippen molar-refractivity contribution in [2.75, 3.05) is 11.9 Å². The molecule has 6 nitrogen and oxygen atoms in total. The van der Waals surface area contributed by atoms with Gasteiger partial charge in [-0.25, -0.2) is 4.39 Å². The van der Waals surface area contributed by atoms with E-state index in [0.29, 0.717) is 11.7 Å². The Balaban J connectivity index is 1.43. The molecule has 0 aliphatic carbocycles. The first-order chi connectivity index (χ1) is 17.5. The lowest BCUT2D eigenvalue weighted by Crippen LogP contribution is -2.33. The van der Waals surface area contributed by atoms with Crippen molar-refractivity contribution in [2.24, 2.45) is 0 Å². The third-order valence-corrected chi connectivity index (χ3v) is 6.65. The van der Waals surface area contributed by atoms with Gasteiger partial charge in [0.05, 0.1) is 17.8 Å². The average molecular weight is 500 g/mol. The molecule has 8 heteroatoms. The minimum absolute atomic E-state index is 0.0874. The number of nitrogens with zero attached hydrogens (tertiary/aromatic N) is 3. The van der Waals surface area contributed by atoms with Crippen LogP contribution in [0.4, 0.5) is 10.1 Å². The van der Waals surface area contributed by atoms with E-state index in [4.69, 9.17) is 12.2 Å². The molecule has 1 aliphatic rings. The number of rotatable bonds is 7. The molecule has 1 amide bonds. The molecule has 2 atom stereocenters. The first-order valence-electron chi connectivity index (χ1n) is 11.8. The van der Waals surface area contributed by atoms with Crippen molar-refractivity contribution >= 4 is 28.9 Å². The Labute approximate surface area is 214 Å². The molecule has 3 heterocycles. The topological polar surface area (TPSA) is 62.2 Å². The van der Waals surface area contributed by atoms with Gasteiger partial charge in [-0.15, -0.1) is 0 Å². The van der Waals surface area contributed by atoms with E-state index in [9.17, 15) is 9.18 Å². The fourth-order valence-electron chi connectivity index (χ4n) is 4.52. The number of anilines is 1. The van der Waals surface area contributed by atoms with Gasteiger partial charge in [-0.05, 0) is 79.8 Å². The molecule has 0 spiro atoms. The maximum absolute atomic E-state index is 13.6. The van der Waals surface area contributed by atoms with Crippen LogP contribution >= 0.6 is 12.2 Å². The molecule has 1 aliphatic heterocycles. The standard InChI is InChI=1S/C28H26FN5OS/c1-19-7-11-21(12-8-19)31-25(35)15-18-34-27(26(32-28(34)36)23-5-2-3-16-30-23)24-6-4-17-33(24)22-13-9-20(29)10-14-22/h2-14,16-17,26-27H,15,18H2,1H3,(H,31,35)(H,32,36)/t26-,27-/m1/s1. The first kappa shape index (κ1) is 23.7. The Morgan fingerprint density at radius 3 is 2.56 bits per heavy atom. The van der Waals surface area contributed by atoms with E-state index in [1.165, 1.54) is 12.1 Å². The van der Waals surface area contributed by atoms with Crippen LogP contribution in [-0.4, -0.2) is 32.0 Å². The zero-order valence-corrected chi connectivity index (χ0v) is 20.6. The lowest BCUT2D eigenvalue weighted by atomic mass is 10.0. The third kappa shape index (κ3) is 4.99. The fraction of sp³-hybridized carbons (Fsp3) is 0.179. The molecule has 1 fully saturated rings. The minimum atomic E-state index is -0.288. The summed E-state index contributed by atoms with van der Waals surface area (Å²) in [4.78, 5) is 19.4. The van der Waals surface area contributed by atoms with Crippen molar-refractivity contribution in [2.45, 2.75) is 25.4 Å². The molecule has 5 rings (SSSR count). The maximum Gasteiger partial charge on any atom is 0.226 e. The third-order valence-electron chi connectivity index (χ3n) is 6.30. The number of hydrogen-bond donors (Lipinski definition) is 2. The van der Waals surface area contributed by atoms with Gasteiger partial charge in [0.1, 0.15) is 5.82 Å².